The molecule has 0 spiro atoms. The quantitative estimate of drug-likeness (QED) is 0.287. The predicted molar refractivity (Wildman–Crippen MR) is 127 cm³/mol. The molecule has 0 amide bonds. The number of aliphatic imine (C=N–C) groups is 1. The molecule has 1 atom stereocenters. The molecule has 8 nitrogen and oxygen atoms in total. The van der Waals surface area contributed by atoms with Gasteiger partial charge in [0.15, 0.2) is 5.96 Å². The van der Waals surface area contributed by atoms with Crippen molar-refractivity contribution >= 4 is 29.9 Å². The van der Waals surface area contributed by atoms with Gasteiger partial charge in [-0.2, -0.15) is 0 Å². The summed E-state index contributed by atoms with van der Waals surface area (Å²) in [4.78, 5) is 4.65. The smallest absolute Gasteiger partial charge is 0.191 e. The van der Waals surface area contributed by atoms with Crippen LogP contribution in [0.4, 0.5) is 0 Å². The van der Waals surface area contributed by atoms with Gasteiger partial charge in [0.1, 0.15) is 23.7 Å². The highest BCUT2D eigenvalue weighted by Crippen LogP contribution is 2.29. The fourth-order valence-electron chi connectivity index (χ4n) is 2.87. The number of guanidine groups is 1. The summed E-state index contributed by atoms with van der Waals surface area (Å²) in [7, 11) is 3.34. The Bertz CT molecular complexity index is 765. The van der Waals surface area contributed by atoms with Crippen LogP contribution in [0.5, 0.6) is 11.5 Å². The van der Waals surface area contributed by atoms with Crippen molar-refractivity contribution in [2.45, 2.75) is 46.2 Å². The van der Waals surface area contributed by atoms with E-state index < -0.39 is 0 Å². The number of nitrogens with zero attached hydrogens (tertiary/aromatic N) is 4. The number of hydrogen-bond donors (Lipinski definition) is 2. The number of nitrogens with one attached hydrogen (secondary N) is 2. The molecule has 0 aliphatic heterocycles. The number of aryl methyl sites for hydroxylation is 1. The first-order chi connectivity index (χ1) is 13.6. The van der Waals surface area contributed by atoms with Crippen molar-refractivity contribution in [3.05, 3.63) is 35.9 Å². The van der Waals surface area contributed by atoms with Gasteiger partial charge < -0.3 is 24.7 Å². The molecule has 0 fully saturated rings. The molecule has 2 N–H and O–H groups in total. The first-order valence-electron chi connectivity index (χ1n) is 9.76. The van der Waals surface area contributed by atoms with E-state index in [2.05, 4.69) is 51.2 Å². The van der Waals surface area contributed by atoms with Gasteiger partial charge >= 0.3 is 0 Å². The lowest BCUT2D eigenvalue weighted by atomic mass is 10.1. The minimum Gasteiger partial charge on any atom is -0.497 e. The van der Waals surface area contributed by atoms with Crippen molar-refractivity contribution < 1.29 is 9.47 Å². The lowest BCUT2D eigenvalue weighted by Crippen LogP contribution is -2.40. The summed E-state index contributed by atoms with van der Waals surface area (Å²) >= 11 is 0. The van der Waals surface area contributed by atoms with Gasteiger partial charge in [0.25, 0.3) is 0 Å². The fraction of sp³-hybridized carbons (Fsp3) is 0.550. The summed E-state index contributed by atoms with van der Waals surface area (Å²) < 4.78 is 12.9. The first-order valence-corrected chi connectivity index (χ1v) is 9.76. The van der Waals surface area contributed by atoms with Crippen molar-refractivity contribution in [2.75, 3.05) is 27.3 Å². The van der Waals surface area contributed by atoms with Crippen molar-refractivity contribution in [3.63, 3.8) is 0 Å². The summed E-state index contributed by atoms with van der Waals surface area (Å²) in [5.74, 6) is 3.36. The fourth-order valence-corrected chi connectivity index (χ4v) is 2.87. The van der Waals surface area contributed by atoms with Crippen LogP contribution in [0.15, 0.2) is 29.5 Å². The zero-order valence-corrected chi connectivity index (χ0v) is 20.3. The predicted octanol–water partition coefficient (Wildman–Crippen LogP) is 3.18. The van der Waals surface area contributed by atoms with Crippen molar-refractivity contribution in [1.29, 1.82) is 0 Å². The number of benzene rings is 1. The van der Waals surface area contributed by atoms with E-state index in [4.69, 9.17) is 9.47 Å². The molecule has 0 saturated heterocycles. The van der Waals surface area contributed by atoms with Crippen LogP contribution < -0.4 is 20.1 Å². The van der Waals surface area contributed by atoms with Gasteiger partial charge in [-0.05, 0) is 31.5 Å². The van der Waals surface area contributed by atoms with Gasteiger partial charge in [-0.25, -0.2) is 0 Å². The highest BCUT2D eigenvalue weighted by atomic mass is 127. The monoisotopic (exact) mass is 516 g/mol. The van der Waals surface area contributed by atoms with E-state index in [1.165, 1.54) is 0 Å². The van der Waals surface area contributed by atoms with E-state index in [0.717, 1.165) is 61.3 Å². The molecule has 162 valence electrons. The Hall–Kier alpha value is -2.04. The van der Waals surface area contributed by atoms with Crippen LogP contribution in [0, 0.1) is 0 Å². The van der Waals surface area contributed by atoms with Gasteiger partial charge in [0.05, 0.1) is 20.3 Å². The standard InChI is InChI=1S/C20H32N6O2.HI/c1-6-10-21-20(22-11-12-26-14-23-25-19(26)7-2)24-15(3)17-13-16(27-4)8-9-18(17)28-5;/h8-9,13-15H,6-7,10-12H2,1-5H3,(H2,21,22,24);1H. The Balaban J connectivity index is 0.00000420. The third-order valence-corrected chi connectivity index (χ3v) is 4.41. The number of hydrogen-bond acceptors (Lipinski definition) is 5. The largest absolute Gasteiger partial charge is 0.497 e. The molecule has 1 unspecified atom stereocenters. The van der Waals surface area contributed by atoms with Crippen LogP contribution in [0.25, 0.3) is 0 Å². The second-order valence-corrected chi connectivity index (χ2v) is 6.43. The molecular formula is C20H33IN6O2. The molecule has 0 aliphatic rings. The molecule has 1 heterocycles. The minimum atomic E-state index is -0.00531. The molecule has 0 radical (unpaired) electrons. The Kier molecular flexibility index (Phi) is 11.4. The van der Waals surface area contributed by atoms with Crippen LogP contribution in [0.3, 0.4) is 0 Å². The highest BCUT2D eigenvalue weighted by Gasteiger charge is 2.14. The van der Waals surface area contributed by atoms with E-state index in [0.29, 0.717) is 0 Å². The Morgan fingerprint density at radius 1 is 1.24 bits per heavy atom. The zero-order valence-electron chi connectivity index (χ0n) is 17.9. The van der Waals surface area contributed by atoms with Gasteiger partial charge in [-0.3, -0.25) is 4.99 Å². The van der Waals surface area contributed by atoms with E-state index in [1.54, 1.807) is 20.5 Å². The average molecular weight is 516 g/mol. The zero-order chi connectivity index (χ0) is 20.4. The summed E-state index contributed by atoms with van der Waals surface area (Å²) in [5.41, 5.74) is 1.01. The normalized spacial score (nSPS) is 12.1. The number of halogens is 1. The Morgan fingerprint density at radius 2 is 2.03 bits per heavy atom. The molecule has 1 aromatic carbocycles. The van der Waals surface area contributed by atoms with Crippen molar-refractivity contribution in [1.82, 2.24) is 25.4 Å². The van der Waals surface area contributed by atoms with E-state index in [-0.39, 0.29) is 30.0 Å². The summed E-state index contributed by atoms with van der Waals surface area (Å²) in [5, 5.41) is 15.0. The van der Waals surface area contributed by atoms with Crippen molar-refractivity contribution in [2.24, 2.45) is 4.99 Å². The lowest BCUT2D eigenvalue weighted by Gasteiger charge is -2.21. The van der Waals surface area contributed by atoms with Gasteiger partial charge in [-0.15, -0.1) is 34.2 Å². The topological polar surface area (TPSA) is 85.6 Å². The first kappa shape index (κ1) is 25.0. The summed E-state index contributed by atoms with van der Waals surface area (Å²) in [6.45, 7) is 8.52. The van der Waals surface area contributed by atoms with Crippen LogP contribution in [-0.2, 0) is 13.0 Å². The van der Waals surface area contributed by atoms with Crippen LogP contribution >= 0.6 is 24.0 Å². The lowest BCUT2D eigenvalue weighted by molar-refractivity contribution is 0.394. The maximum Gasteiger partial charge on any atom is 0.191 e. The second kappa shape index (κ2) is 13.2. The van der Waals surface area contributed by atoms with Crippen LogP contribution in [-0.4, -0.2) is 48.0 Å². The summed E-state index contributed by atoms with van der Waals surface area (Å²) in [6.07, 6.45) is 3.61. The maximum absolute atomic E-state index is 5.51. The molecule has 0 aliphatic carbocycles. The number of rotatable bonds is 10. The SMILES string of the molecule is CCCN=C(NCCn1cnnc1CC)NC(C)c1cc(OC)ccc1OC.I. The molecule has 0 saturated carbocycles. The van der Waals surface area contributed by atoms with Crippen LogP contribution in [0.1, 0.15) is 44.6 Å². The number of aromatic nitrogens is 3. The Morgan fingerprint density at radius 3 is 2.69 bits per heavy atom. The van der Waals surface area contributed by atoms with Crippen LogP contribution in [0.2, 0.25) is 0 Å². The number of ether oxygens (including phenoxy) is 2. The maximum atomic E-state index is 5.51. The van der Waals surface area contributed by atoms with Gasteiger partial charge in [-0.1, -0.05) is 13.8 Å². The molecular weight excluding hydrogens is 483 g/mol. The molecule has 1 aromatic heterocycles. The minimum absolute atomic E-state index is 0. The number of methoxy groups -OCH3 is 2. The van der Waals surface area contributed by atoms with E-state index >= 15 is 0 Å². The Labute approximate surface area is 190 Å². The highest BCUT2D eigenvalue weighted by molar-refractivity contribution is 14.0. The van der Waals surface area contributed by atoms with Gasteiger partial charge in [0, 0.05) is 31.6 Å². The second-order valence-electron chi connectivity index (χ2n) is 6.43. The molecule has 29 heavy (non-hydrogen) atoms. The van der Waals surface area contributed by atoms with E-state index in [1.807, 2.05) is 18.2 Å². The third-order valence-electron chi connectivity index (χ3n) is 4.41. The molecule has 9 heteroatoms. The van der Waals surface area contributed by atoms with Crippen molar-refractivity contribution in [3.8, 4) is 11.5 Å². The van der Waals surface area contributed by atoms with E-state index in [9.17, 15) is 0 Å². The molecule has 2 aromatic rings. The summed E-state index contributed by atoms with van der Waals surface area (Å²) in [6, 6.07) is 5.79. The molecule has 2 rings (SSSR count). The van der Waals surface area contributed by atoms with Gasteiger partial charge in [0.2, 0.25) is 0 Å². The average Bonchev–Trinajstić information content (AvgIpc) is 3.18. The molecule has 0 bridgehead atoms. The third kappa shape index (κ3) is 7.37.